The molecule has 0 aromatic heterocycles. The third kappa shape index (κ3) is 3.39. The van der Waals surface area contributed by atoms with Crippen LogP contribution in [0.4, 0.5) is 0 Å². The van der Waals surface area contributed by atoms with Crippen molar-refractivity contribution in [3.05, 3.63) is 0 Å². The molecular weight excluding hydrogens is 230 g/mol. The molecule has 0 bridgehead atoms. The van der Waals surface area contributed by atoms with Gasteiger partial charge in [-0.15, -0.1) is 0 Å². The summed E-state index contributed by atoms with van der Waals surface area (Å²) in [6.45, 7) is 5.67. The van der Waals surface area contributed by atoms with Crippen LogP contribution in [0.5, 0.6) is 0 Å². The van der Waals surface area contributed by atoms with Gasteiger partial charge in [-0.3, -0.25) is 0 Å². The van der Waals surface area contributed by atoms with Crippen LogP contribution in [0.1, 0.15) is 20.3 Å². The van der Waals surface area contributed by atoms with E-state index >= 15 is 0 Å². The fraction of sp³-hybridized carbons (Fsp3) is 1.00. The second kappa shape index (κ2) is 5.42. The van der Waals surface area contributed by atoms with Gasteiger partial charge in [0.05, 0.1) is 5.60 Å². The van der Waals surface area contributed by atoms with Gasteiger partial charge in [-0.05, 0) is 13.0 Å². The molecule has 1 heterocycles. The first-order valence-corrected chi connectivity index (χ1v) is 7.05. The zero-order valence-electron chi connectivity index (χ0n) is 9.86. The van der Waals surface area contributed by atoms with Crippen molar-refractivity contribution in [2.45, 2.75) is 25.9 Å². The molecule has 1 atom stereocenters. The van der Waals surface area contributed by atoms with Crippen LogP contribution in [0, 0.1) is 0 Å². The highest BCUT2D eigenvalue weighted by Gasteiger charge is 2.33. The maximum atomic E-state index is 11.8. The van der Waals surface area contributed by atoms with Crippen molar-refractivity contribution in [2.24, 2.45) is 0 Å². The predicted molar refractivity (Wildman–Crippen MR) is 62.3 cm³/mol. The molecule has 1 unspecified atom stereocenters. The van der Waals surface area contributed by atoms with Crippen LogP contribution >= 0.6 is 0 Å². The Kier molecular flexibility index (Phi) is 4.69. The number of hydrogen-bond acceptors (Lipinski definition) is 4. The van der Waals surface area contributed by atoms with Crippen molar-refractivity contribution in [3.8, 4) is 0 Å². The van der Waals surface area contributed by atoms with Gasteiger partial charge in [0.15, 0.2) is 0 Å². The Hall–Kier alpha value is -0.210. The van der Waals surface area contributed by atoms with E-state index in [4.69, 9.17) is 0 Å². The molecule has 0 radical (unpaired) electrons. The van der Waals surface area contributed by atoms with Crippen molar-refractivity contribution >= 4 is 10.2 Å². The number of rotatable bonds is 6. The van der Waals surface area contributed by atoms with Crippen molar-refractivity contribution in [1.29, 1.82) is 0 Å². The normalized spacial score (nSPS) is 26.5. The molecule has 1 fully saturated rings. The first kappa shape index (κ1) is 13.9. The average molecular weight is 251 g/mol. The maximum Gasteiger partial charge on any atom is 0.279 e. The lowest BCUT2D eigenvalue weighted by Gasteiger charge is -2.24. The third-order valence-corrected chi connectivity index (χ3v) is 4.56. The first-order chi connectivity index (χ1) is 7.43. The minimum atomic E-state index is -3.45. The van der Waals surface area contributed by atoms with Crippen LogP contribution in [-0.2, 0) is 10.2 Å². The van der Waals surface area contributed by atoms with Crippen molar-refractivity contribution in [3.63, 3.8) is 0 Å². The lowest BCUT2D eigenvalue weighted by Crippen LogP contribution is -2.49. The lowest BCUT2D eigenvalue weighted by atomic mass is 10.1. The summed E-state index contributed by atoms with van der Waals surface area (Å²) < 4.78 is 27.3. The molecule has 0 aromatic rings. The lowest BCUT2D eigenvalue weighted by molar-refractivity contribution is 0.0663. The fourth-order valence-electron chi connectivity index (χ4n) is 1.76. The minimum Gasteiger partial charge on any atom is -0.387 e. The van der Waals surface area contributed by atoms with Crippen molar-refractivity contribution in [1.82, 2.24) is 14.3 Å². The van der Waals surface area contributed by atoms with E-state index in [0.717, 1.165) is 6.54 Å². The topological polar surface area (TPSA) is 81.7 Å². The third-order valence-electron chi connectivity index (χ3n) is 2.85. The van der Waals surface area contributed by atoms with E-state index in [2.05, 4.69) is 10.0 Å². The zero-order valence-corrected chi connectivity index (χ0v) is 10.7. The summed E-state index contributed by atoms with van der Waals surface area (Å²) in [6.07, 6.45) is 0.577. The Bertz CT molecular complexity index is 308. The summed E-state index contributed by atoms with van der Waals surface area (Å²) in [6, 6.07) is 0. The van der Waals surface area contributed by atoms with Crippen LogP contribution in [0.2, 0.25) is 0 Å². The highest BCUT2D eigenvalue weighted by molar-refractivity contribution is 7.87. The fourth-order valence-corrected chi connectivity index (χ4v) is 3.08. The largest absolute Gasteiger partial charge is 0.387 e. The Labute approximate surface area is 97.2 Å². The molecule has 0 saturated carbocycles. The second-order valence-corrected chi connectivity index (χ2v) is 5.82. The molecule has 0 aliphatic carbocycles. The van der Waals surface area contributed by atoms with Crippen LogP contribution in [0.25, 0.3) is 0 Å². The Morgan fingerprint density at radius 2 is 2.06 bits per heavy atom. The summed E-state index contributed by atoms with van der Waals surface area (Å²) in [4.78, 5) is 0. The quantitative estimate of drug-likeness (QED) is 0.559. The summed E-state index contributed by atoms with van der Waals surface area (Å²) in [5.74, 6) is 0. The molecule has 0 aromatic carbocycles. The van der Waals surface area contributed by atoms with Gasteiger partial charge in [0.2, 0.25) is 0 Å². The molecule has 6 nitrogen and oxygen atoms in total. The van der Waals surface area contributed by atoms with Crippen LogP contribution in [0.3, 0.4) is 0 Å². The molecule has 7 heteroatoms. The van der Waals surface area contributed by atoms with E-state index in [9.17, 15) is 13.5 Å². The molecule has 3 N–H and O–H groups in total. The van der Waals surface area contributed by atoms with Crippen molar-refractivity contribution in [2.75, 3.05) is 32.7 Å². The minimum absolute atomic E-state index is 0.0683. The Morgan fingerprint density at radius 1 is 1.44 bits per heavy atom. The van der Waals surface area contributed by atoms with E-state index in [1.165, 1.54) is 4.31 Å². The highest BCUT2D eigenvalue weighted by atomic mass is 32.2. The SMILES string of the molecule is CCN(CC)S(=O)(=O)NCC1(O)CCNC1. The van der Waals surface area contributed by atoms with Gasteiger partial charge >= 0.3 is 0 Å². The van der Waals surface area contributed by atoms with Gasteiger partial charge in [-0.1, -0.05) is 13.8 Å². The second-order valence-electron chi connectivity index (χ2n) is 4.06. The molecule has 0 amide bonds. The van der Waals surface area contributed by atoms with Gasteiger partial charge in [0.25, 0.3) is 10.2 Å². The van der Waals surface area contributed by atoms with Gasteiger partial charge in [-0.2, -0.15) is 17.4 Å². The van der Waals surface area contributed by atoms with Crippen LogP contribution in [0.15, 0.2) is 0 Å². The van der Waals surface area contributed by atoms with E-state index in [1.54, 1.807) is 13.8 Å². The van der Waals surface area contributed by atoms with Gasteiger partial charge in [-0.25, -0.2) is 0 Å². The standard InChI is InChI=1S/C9H21N3O3S/c1-3-12(4-2)16(14,15)11-8-9(13)5-6-10-7-9/h10-11,13H,3-8H2,1-2H3. The van der Waals surface area contributed by atoms with E-state index in [0.29, 0.717) is 26.1 Å². The Balaban J connectivity index is 2.53. The maximum absolute atomic E-state index is 11.8. The number of nitrogens with one attached hydrogen (secondary N) is 2. The first-order valence-electron chi connectivity index (χ1n) is 5.61. The number of β-amino-alcohol motifs (C(OH)–C–C–N with tert-alkyl or cyclic N) is 1. The molecule has 96 valence electrons. The van der Waals surface area contributed by atoms with E-state index < -0.39 is 15.8 Å². The summed E-state index contributed by atoms with van der Waals surface area (Å²) in [5.41, 5.74) is -0.944. The molecule has 1 aliphatic heterocycles. The highest BCUT2D eigenvalue weighted by Crippen LogP contribution is 2.13. The van der Waals surface area contributed by atoms with Gasteiger partial charge in [0.1, 0.15) is 0 Å². The van der Waals surface area contributed by atoms with E-state index in [1.807, 2.05) is 0 Å². The number of nitrogens with zero attached hydrogens (tertiary/aromatic N) is 1. The molecule has 0 spiro atoms. The summed E-state index contributed by atoms with van der Waals surface area (Å²) >= 11 is 0. The average Bonchev–Trinajstić information content (AvgIpc) is 2.65. The predicted octanol–water partition coefficient (Wildman–Crippen LogP) is -1.11. The molecule has 1 aliphatic rings. The Morgan fingerprint density at radius 3 is 2.50 bits per heavy atom. The summed E-state index contributed by atoms with van der Waals surface area (Å²) in [7, 11) is -3.45. The van der Waals surface area contributed by atoms with Crippen LogP contribution < -0.4 is 10.0 Å². The smallest absolute Gasteiger partial charge is 0.279 e. The molecule has 1 rings (SSSR count). The van der Waals surface area contributed by atoms with Crippen molar-refractivity contribution < 1.29 is 13.5 Å². The van der Waals surface area contributed by atoms with Gasteiger partial charge < -0.3 is 10.4 Å². The summed E-state index contributed by atoms with van der Waals surface area (Å²) in [5, 5.41) is 13.0. The monoisotopic (exact) mass is 251 g/mol. The van der Waals surface area contributed by atoms with E-state index in [-0.39, 0.29) is 6.54 Å². The zero-order chi connectivity index (χ0) is 12.2. The molecule has 16 heavy (non-hydrogen) atoms. The number of aliphatic hydroxyl groups is 1. The number of hydrogen-bond donors (Lipinski definition) is 3. The van der Waals surface area contributed by atoms with Crippen LogP contribution in [-0.4, -0.2) is 56.2 Å². The molecular formula is C9H21N3O3S. The molecule has 1 saturated heterocycles. The van der Waals surface area contributed by atoms with Gasteiger partial charge in [0, 0.05) is 26.2 Å².